The molecule has 2 aliphatic rings. The Balaban J connectivity index is 1.63. The zero-order chi connectivity index (χ0) is 16.7. The molecule has 1 amide bonds. The zero-order valence-corrected chi connectivity index (χ0v) is 14.1. The molecule has 24 heavy (non-hydrogen) atoms. The number of carbonyl (C=O) groups excluding carboxylic acids is 1. The van der Waals surface area contributed by atoms with Crippen molar-refractivity contribution in [3.8, 4) is 0 Å². The molecule has 128 valence electrons. The third-order valence-electron chi connectivity index (χ3n) is 4.87. The second-order valence-corrected chi connectivity index (χ2v) is 6.79. The van der Waals surface area contributed by atoms with E-state index in [0.717, 1.165) is 30.3 Å². The van der Waals surface area contributed by atoms with Gasteiger partial charge in [-0.15, -0.1) is 10.2 Å². The van der Waals surface area contributed by atoms with E-state index in [2.05, 4.69) is 37.4 Å². The van der Waals surface area contributed by atoms with E-state index in [1.54, 1.807) is 10.9 Å². The summed E-state index contributed by atoms with van der Waals surface area (Å²) in [6.45, 7) is 2.22. The highest BCUT2D eigenvalue weighted by atomic mass is 16.1. The van der Waals surface area contributed by atoms with Gasteiger partial charge in [0, 0.05) is 25.7 Å². The standard InChI is InChI=1S/C16H23N7O/c1-3-4-10-7-13(10)23-15(12-5-6-14(24)19-12)20-21-16(23)18-11-8-17-22(2)9-11/h8-10,12-13H,3-7H2,1-2H3,(H,18,21)(H,19,24)/t10-,12?,13-/m1/s1. The van der Waals surface area contributed by atoms with Gasteiger partial charge in [-0.2, -0.15) is 5.10 Å². The Bertz CT molecular complexity index is 749. The first-order valence-corrected chi connectivity index (χ1v) is 8.65. The summed E-state index contributed by atoms with van der Waals surface area (Å²) in [7, 11) is 1.88. The third-order valence-corrected chi connectivity index (χ3v) is 4.87. The molecule has 1 aliphatic carbocycles. The van der Waals surface area contributed by atoms with Crippen LogP contribution in [0.3, 0.4) is 0 Å². The maximum absolute atomic E-state index is 11.6. The van der Waals surface area contributed by atoms with E-state index < -0.39 is 0 Å². The molecule has 8 heteroatoms. The molecule has 2 aromatic rings. The number of amides is 1. The number of nitrogens with one attached hydrogen (secondary N) is 2. The average Bonchev–Trinajstić information content (AvgIpc) is 2.92. The van der Waals surface area contributed by atoms with Crippen LogP contribution >= 0.6 is 0 Å². The van der Waals surface area contributed by atoms with Crippen LogP contribution in [0, 0.1) is 5.92 Å². The molecule has 1 aliphatic heterocycles. The number of rotatable bonds is 6. The normalized spacial score (nSPS) is 25.8. The Morgan fingerprint density at radius 2 is 2.29 bits per heavy atom. The summed E-state index contributed by atoms with van der Waals surface area (Å²) in [6, 6.07) is 0.393. The van der Waals surface area contributed by atoms with Gasteiger partial charge < -0.3 is 10.6 Å². The number of anilines is 2. The van der Waals surface area contributed by atoms with E-state index in [1.165, 1.54) is 12.8 Å². The lowest BCUT2D eigenvalue weighted by molar-refractivity contribution is -0.119. The van der Waals surface area contributed by atoms with Gasteiger partial charge in [-0.05, 0) is 25.2 Å². The predicted octanol–water partition coefficient (Wildman–Crippen LogP) is 2.07. The lowest BCUT2D eigenvalue weighted by Crippen LogP contribution is -2.22. The molecule has 0 aromatic carbocycles. The van der Waals surface area contributed by atoms with Crippen LogP contribution in [0.4, 0.5) is 11.6 Å². The van der Waals surface area contributed by atoms with Crippen molar-refractivity contribution < 1.29 is 4.79 Å². The van der Waals surface area contributed by atoms with Crippen LogP contribution in [0.25, 0.3) is 0 Å². The fourth-order valence-electron chi connectivity index (χ4n) is 3.60. The van der Waals surface area contributed by atoms with Crippen molar-refractivity contribution in [3.63, 3.8) is 0 Å². The Kier molecular flexibility index (Phi) is 3.74. The van der Waals surface area contributed by atoms with Gasteiger partial charge >= 0.3 is 0 Å². The number of aromatic nitrogens is 5. The Morgan fingerprint density at radius 3 is 2.96 bits per heavy atom. The molecule has 2 fully saturated rings. The van der Waals surface area contributed by atoms with E-state index in [1.807, 2.05) is 13.2 Å². The Labute approximate surface area is 140 Å². The molecule has 2 N–H and O–H groups in total. The number of hydrogen-bond acceptors (Lipinski definition) is 5. The summed E-state index contributed by atoms with van der Waals surface area (Å²) in [4.78, 5) is 11.6. The van der Waals surface area contributed by atoms with E-state index in [0.29, 0.717) is 18.4 Å². The number of hydrogen-bond donors (Lipinski definition) is 2. The molecule has 8 nitrogen and oxygen atoms in total. The highest BCUT2D eigenvalue weighted by molar-refractivity contribution is 5.78. The van der Waals surface area contributed by atoms with Gasteiger partial charge in [-0.1, -0.05) is 13.3 Å². The smallest absolute Gasteiger partial charge is 0.229 e. The minimum Gasteiger partial charge on any atom is -0.346 e. The molecule has 0 spiro atoms. The highest BCUT2D eigenvalue weighted by Gasteiger charge is 2.42. The van der Waals surface area contributed by atoms with Crippen LogP contribution in [-0.2, 0) is 11.8 Å². The van der Waals surface area contributed by atoms with E-state index in [9.17, 15) is 4.79 Å². The van der Waals surface area contributed by atoms with Gasteiger partial charge in [-0.25, -0.2) is 0 Å². The third kappa shape index (κ3) is 2.76. The summed E-state index contributed by atoms with van der Waals surface area (Å²) in [5.74, 6) is 2.38. The molecular weight excluding hydrogens is 306 g/mol. The van der Waals surface area contributed by atoms with Crippen LogP contribution in [0.2, 0.25) is 0 Å². The van der Waals surface area contributed by atoms with Gasteiger partial charge in [0.25, 0.3) is 0 Å². The average molecular weight is 329 g/mol. The van der Waals surface area contributed by atoms with Crippen molar-refractivity contribution in [2.24, 2.45) is 13.0 Å². The van der Waals surface area contributed by atoms with Crippen LogP contribution in [0.5, 0.6) is 0 Å². The van der Waals surface area contributed by atoms with Crippen molar-refractivity contribution in [3.05, 3.63) is 18.2 Å². The summed E-state index contributed by atoms with van der Waals surface area (Å²) < 4.78 is 3.95. The maximum Gasteiger partial charge on any atom is 0.229 e. The zero-order valence-electron chi connectivity index (χ0n) is 14.1. The molecule has 2 aromatic heterocycles. The molecule has 1 saturated carbocycles. The molecule has 4 rings (SSSR count). The quantitative estimate of drug-likeness (QED) is 0.847. The molecule has 3 heterocycles. The minimum absolute atomic E-state index is 0.0303. The first kappa shape index (κ1) is 15.2. The summed E-state index contributed by atoms with van der Waals surface area (Å²) in [6.07, 6.45) is 8.58. The number of nitrogens with zero attached hydrogens (tertiary/aromatic N) is 5. The monoisotopic (exact) mass is 329 g/mol. The SMILES string of the molecule is CCC[C@@H]1C[C@H]1n1c(Nc2cnn(C)c2)nnc1C1CCC(=O)N1. The van der Waals surface area contributed by atoms with Crippen LogP contribution < -0.4 is 10.6 Å². The van der Waals surface area contributed by atoms with Crippen molar-refractivity contribution in [1.29, 1.82) is 0 Å². The Morgan fingerprint density at radius 1 is 1.42 bits per heavy atom. The number of carbonyl (C=O) groups is 1. The van der Waals surface area contributed by atoms with Gasteiger partial charge in [0.05, 0.1) is 17.9 Å². The van der Waals surface area contributed by atoms with E-state index in [4.69, 9.17) is 0 Å². The summed E-state index contributed by atoms with van der Waals surface area (Å²) >= 11 is 0. The van der Waals surface area contributed by atoms with Crippen LogP contribution in [-0.4, -0.2) is 30.5 Å². The van der Waals surface area contributed by atoms with Gasteiger partial charge in [0.2, 0.25) is 11.9 Å². The number of aryl methyl sites for hydroxylation is 1. The first-order chi connectivity index (χ1) is 11.7. The van der Waals surface area contributed by atoms with Crippen molar-refractivity contribution in [1.82, 2.24) is 29.9 Å². The van der Waals surface area contributed by atoms with E-state index >= 15 is 0 Å². The van der Waals surface area contributed by atoms with Crippen LogP contribution in [0.15, 0.2) is 12.4 Å². The summed E-state index contributed by atoms with van der Waals surface area (Å²) in [5, 5.41) is 19.3. The second kappa shape index (κ2) is 5.92. The van der Waals surface area contributed by atoms with E-state index in [-0.39, 0.29) is 11.9 Å². The molecule has 0 bridgehead atoms. The summed E-state index contributed by atoms with van der Waals surface area (Å²) in [5.41, 5.74) is 0.890. The molecule has 1 unspecified atom stereocenters. The predicted molar refractivity (Wildman–Crippen MR) is 88.7 cm³/mol. The second-order valence-electron chi connectivity index (χ2n) is 6.79. The van der Waals surface area contributed by atoms with Crippen molar-refractivity contribution >= 4 is 17.5 Å². The lowest BCUT2D eigenvalue weighted by Gasteiger charge is -2.14. The van der Waals surface area contributed by atoms with Gasteiger partial charge in [0.1, 0.15) is 0 Å². The van der Waals surface area contributed by atoms with Crippen LogP contribution in [0.1, 0.15) is 56.9 Å². The van der Waals surface area contributed by atoms with Crippen molar-refractivity contribution in [2.75, 3.05) is 5.32 Å². The minimum atomic E-state index is -0.0303. The molecule has 1 saturated heterocycles. The largest absolute Gasteiger partial charge is 0.346 e. The maximum atomic E-state index is 11.6. The van der Waals surface area contributed by atoms with Gasteiger partial charge in [-0.3, -0.25) is 14.0 Å². The topological polar surface area (TPSA) is 89.7 Å². The Hall–Kier alpha value is -2.38. The molecule has 3 atom stereocenters. The molecular formula is C16H23N7O. The fourth-order valence-corrected chi connectivity index (χ4v) is 3.60. The van der Waals surface area contributed by atoms with Crippen molar-refractivity contribution in [2.45, 2.75) is 51.1 Å². The fraction of sp³-hybridized carbons (Fsp3) is 0.625. The lowest BCUT2D eigenvalue weighted by atomic mass is 10.2. The highest BCUT2D eigenvalue weighted by Crippen LogP contribution is 2.49. The molecule has 0 radical (unpaired) electrons. The van der Waals surface area contributed by atoms with Gasteiger partial charge in [0.15, 0.2) is 5.82 Å². The first-order valence-electron chi connectivity index (χ1n) is 8.65.